The molecule has 4 rings (SSSR count). The highest BCUT2D eigenvalue weighted by molar-refractivity contribution is 6.32. The van der Waals surface area contributed by atoms with Gasteiger partial charge in [0.15, 0.2) is 17.3 Å². The zero-order valence-electron chi connectivity index (χ0n) is 18.5. The summed E-state index contributed by atoms with van der Waals surface area (Å²) in [6, 6.07) is 12.8. The van der Waals surface area contributed by atoms with Gasteiger partial charge in [0.05, 0.1) is 18.7 Å². The van der Waals surface area contributed by atoms with Crippen LogP contribution in [0.4, 0.5) is 0 Å². The van der Waals surface area contributed by atoms with Crippen molar-refractivity contribution in [1.82, 2.24) is 9.80 Å². The molecule has 7 nitrogen and oxygen atoms in total. The average molecular weight is 469 g/mol. The van der Waals surface area contributed by atoms with Crippen molar-refractivity contribution in [1.29, 1.82) is 0 Å². The molecule has 1 aromatic heterocycles. The highest BCUT2D eigenvalue weighted by atomic mass is 35.5. The van der Waals surface area contributed by atoms with E-state index in [9.17, 15) is 9.59 Å². The van der Waals surface area contributed by atoms with E-state index < -0.39 is 0 Å². The number of methoxy groups -OCH3 is 1. The molecule has 33 heavy (non-hydrogen) atoms. The Labute approximate surface area is 197 Å². The second kappa shape index (κ2) is 10.0. The second-order valence-electron chi connectivity index (χ2n) is 7.57. The van der Waals surface area contributed by atoms with Gasteiger partial charge in [-0.3, -0.25) is 9.59 Å². The molecule has 3 aromatic rings. The van der Waals surface area contributed by atoms with Gasteiger partial charge in [0.1, 0.15) is 5.58 Å². The first-order valence-electron chi connectivity index (χ1n) is 10.7. The lowest BCUT2D eigenvalue weighted by molar-refractivity contribution is -0.127. The number of hydrogen-bond acceptors (Lipinski definition) is 5. The molecule has 8 heteroatoms. The van der Waals surface area contributed by atoms with Crippen LogP contribution in [0.1, 0.15) is 23.0 Å². The number of carbonyl (C=O) groups excluding carboxylic acids is 2. The number of para-hydroxylation sites is 1. The van der Waals surface area contributed by atoms with E-state index in [1.54, 1.807) is 34.1 Å². The summed E-state index contributed by atoms with van der Waals surface area (Å²) in [5, 5.41) is 1.30. The summed E-state index contributed by atoms with van der Waals surface area (Å²) >= 11 is 6.28. The summed E-state index contributed by atoms with van der Waals surface area (Å²) < 4.78 is 16.6. The van der Waals surface area contributed by atoms with E-state index in [0.717, 1.165) is 10.9 Å². The van der Waals surface area contributed by atoms with E-state index >= 15 is 0 Å². The van der Waals surface area contributed by atoms with Gasteiger partial charge in [0.2, 0.25) is 5.91 Å². The molecule has 1 aliphatic rings. The molecule has 0 unspecified atom stereocenters. The van der Waals surface area contributed by atoms with Gasteiger partial charge in [-0.15, -0.1) is 0 Å². The van der Waals surface area contributed by atoms with Gasteiger partial charge < -0.3 is 23.7 Å². The summed E-state index contributed by atoms with van der Waals surface area (Å²) in [6.45, 7) is 4.12. The average Bonchev–Trinajstić information content (AvgIpc) is 3.27. The first-order valence-corrected chi connectivity index (χ1v) is 11.1. The van der Waals surface area contributed by atoms with Crippen LogP contribution >= 0.6 is 11.6 Å². The number of amides is 2. The first-order chi connectivity index (χ1) is 16.0. The zero-order chi connectivity index (χ0) is 23.4. The molecule has 1 fully saturated rings. The lowest BCUT2D eigenvalue weighted by Gasteiger charge is -2.33. The number of carbonyl (C=O) groups is 2. The minimum atomic E-state index is -0.162. The lowest BCUT2D eigenvalue weighted by atomic mass is 10.1. The molecule has 0 N–H and O–H groups in total. The number of fused-ring (bicyclic) bond motifs is 1. The second-order valence-corrected chi connectivity index (χ2v) is 7.97. The van der Waals surface area contributed by atoms with E-state index in [-0.39, 0.29) is 11.8 Å². The van der Waals surface area contributed by atoms with Gasteiger partial charge in [-0.25, -0.2) is 0 Å². The van der Waals surface area contributed by atoms with Crippen molar-refractivity contribution >= 4 is 40.5 Å². The standard InChI is InChI=1S/C25H25ClN2O5/c1-3-32-21-15-17(14-19(26)24(21)31-2)8-9-23(29)27-10-12-28(13-11-27)25(30)22-16-18-6-4-5-7-20(18)33-22/h4-9,14-16H,3,10-13H2,1-2H3/b9-8+. The molecule has 172 valence electrons. The van der Waals surface area contributed by atoms with E-state index in [4.69, 9.17) is 25.5 Å². The first kappa shape index (κ1) is 22.7. The van der Waals surface area contributed by atoms with Crippen molar-refractivity contribution in [3.8, 4) is 11.5 Å². The minimum Gasteiger partial charge on any atom is -0.491 e. The molecular formula is C25H25ClN2O5. The molecule has 0 aliphatic carbocycles. The van der Waals surface area contributed by atoms with E-state index in [1.165, 1.54) is 13.2 Å². The SMILES string of the molecule is CCOc1cc(/C=C/C(=O)N2CCN(C(=O)c3cc4ccccc4o3)CC2)cc(Cl)c1OC. The molecule has 0 saturated carbocycles. The molecule has 2 aromatic carbocycles. The van der Waals surface area contributed by atoms with E-state index in [0.29, 0.717) is 60.7 Å². The number of benzene rings is 2. The highest BCUT2D eigenvalue weighted by Crippen LogP contribution is 2.36. The maximum atomic E-state index is 12.8. The molecular weight excluding hydrogens is 444 g/mol. The fourth-order valence-corrected chi connectivity index (χ4v) is 4.09. The normalized spacial score (nSPS) is 14.2. The molecule has 2 amide bonds. The van der Waals surface area contributed by atoms with Crippen molar-refractivity contribution in [2.24, 2.45) is 0 Å². The molecule has 2 heterocycles. The fourth-order valence-electron chi connectivity index (χ4n) is 3.79. The number of halogens is 1. The largest absolute Gasteiger partial charge is 0.491 e. The van der Waals surface area contributed by atoms with Crippen molar-refractivity contribution < 1.29 is 23.5 Å². The molecule has 1 saturated heterocycles. The highest BCUT2D eigenvalue weighted by Gasteiger charge is 2.26. The fraction of sp³-hybridized carbons (Fsp3) is 0.280. The Hall–Kier alpha value is -3.45. The Kier molecular flexibility index (Phi) is 6.89. The van der Waals surface area contributed by atoms with Crippen LogP contribution in [0, 0.1) is 0 Å². The van der Waals surface area contributed by atoms with Gasteiger partial charge >= 0.3 is 0 Å². The van der Waals surface area contributed by atoms with Gasteiger partial charge in [0.25, 0.3) is 5.91 Å². The third-order valence-electron chi connectivity index (χ3n) is 5.47. The van der Waals surface area contributed by atoms with E-state index in [2.05, 4.69) is 0 Å². The lowest BCUT2D eigenvalue weighted by Crippen LogP contribution is -2.50. The predicted octanol–water partition coefficient (Wildman–Crippen LogP) is 4.49. The number of piperazine rings is 1. The summed E-state index contributed by atoms with van der Waals surface area (Å²) in [6.07, 6.45) is 3.20. The van der Waals surface area contributed by atoms with Crippen LogP contribution in [0.3, 0.4) is 0 Å². The Balaban J connectivity index is 1.37. The molecule has 0 spiro atoms. The van der Waals surface area contributed by atoms with Gasteiger partial charge in [-0.1, -0.05) is 29.8 Å². The van der Waals surface area contributed by atoms with Gasteiger partial charge in [-0.2, -0.15) is 0 Å². The van der Waals surface area contributed by atoms with Crippen LogP contribution in [0.2, 0.25) is 5.02 Å². The number of ether oxygens (including phenoxy) is 2. The summed E-state index contributed by atoms with van der Waals surface area (Å²) in [7, 11) is 1.53. The predicted molar refractivity (Wildman–Crippen MR) is 127 cm³/mol. The Morgan fingerprint density at radius 3 is 2.52 bits per heavy atom. The van der Waals surface area contributed by atoms with Crippen molar-refractivity contribution in [3.63, 3.8) is 0 Å². The molecule has 0 bridgehead atoms. The monoisotopic (exact) mass is 468 g/mol. The summed E-state index contributed by atoms with van der Waals surface area (Å²) in [4.78, 5) is 28.9. The maximum absolute atomic E-state index is 12.8. The van der Waals surface area contributed by atoms with E-state index in [1.807, 2.05) is 31.2 Å². The maximum Gasteiger partial charge on any atom is 0.289 e. The zero-order valence-corrected chi connectivity index (χ0v) is 19.3. The van der Waals surface area contributed by atoms with Crippen molar-refractivity contribution in [2.75, 3.05) is 39.9 Å². The van der Waals surface area contributed by atoms with Crippen LogP contribution in [0.15, 0.2) is 53.0 Å². The number of hydrogen-bond donors (Lipinski definition) is 0. The Bertz CT molecular complexity index is 1160. The molecule has 1 aliphatic heterocycles. The molecule has 0 atom stereocenters. The van der Waals surface area contributed by atoms with Crippen LogP contribution in [0.25, 0.3) is 17.0 Å². The number of furan rings is 1. The van der Waals surface area contributed by atoms with Crippen LogP contribution in [0.5, 0.6) is 11.5 Å². The third kappa shape index (κ3) is 4.98. The quantitative estimate of drug-likeness (QED) is 0.498. The summed E-state index contributed by atoms with van der Waals surface area (Å²) in [5.41, 5.74) is 1.42. The topological polar surface area (TPSA) is 72.2 Å². The van der Waals surface area contributed by atoms with Crippen LogP contribution < -0.4 is 9.47 Å². The smallest absolute Gasteiger partial charge is 0.289 e. The third-order valence-corrected chi connectivity index (χ3v) is 5.75. The molecule has 0 radical (unpaired) electrons. The summed E-state index contributed by atoms with van der Waals surface area (Å²) in [5.74, 6) is 1.02. The number of rotatable bonds is 6. The van der Waals surface area contributed by atoms with Gasteiger partial charge in [0, 0.05) is 37.6 Å². The van der Waals surface area contributed by atoms with Crippen LogP contribution in [-0.2, 0) is 4.79 Å². The Morgan fingerprint density at radius 1 is 1.09 bits per heavy atom. The van der Waals surface area contributed by atoms with Crippen LogP contribution in [-0.4, -0.2) is 61.5 Å². The van der Waals surface area contributed by atoms with Gasteiger partial charge in [-0.05, 0) is 42.8 Å². The van der Waals surface area contributed by atoms with Crippen molar-refractivity contribution in [3.05, 3.63) is 64.9 Å². The Morgan fingerprint density at radius 2 is 1.82 bits per heavy atom. The number of nitrogens with zero attached hydrogens (tertiary/aromatic N) is 2. The minimum absolute atomic E-state index is 0.129. The van der Waals surface area contributed by atoms with Crippen molar-refractivity contribution in [2.45, 2.75) is 6.92 Å².